The summed E-state index contributed by atoms with van der Waals surface area (Å²) in [5.41, 5.74) is 9.18. The first kappa shape index (κ1) is 21.6. The molecule has 1 heterocycles. The number of piperidine rings is 1. The van der Waals surface area contributed by atoms with E-state index in [0.717, 1.165) is 50.0 Å². The molecule has 0 aromatic heterocycles. The van der Waals surface area contributed by atoms with Gasteiger partial charge in [0.15, 0.2) is 0 Å². The van der Waals surface area contributed by atoms with Crippen LogP contribution in [0.2, 0.25) is 0 Å². The van der Waals surface area contributed by atoms with Crippen LogP contribution in [-0.4, -0.2) is 29.4 Å². The summed E-state index contributed by atoms with van der Waals surface area (Å²) in [5, 5.41) is 0. The number of hydrogen-bond acceptors (Lipinski definition) is 3. The summed E-state index contributed by atoms with van der Waals surface area (Å²) in [5.74, 6) is 0.368. The van der Waals surface area contributed by atoms with E-state index in [1.165, 1.54) is 29.7 Å². The third-order valence-corrected chi connectivity index (χ3v) is 6.21. The van der Waals surface area contributed by atoms with Gasteiger partial charge in [-0.2, -0.15) is 0 Å². The molecule has 4 rings (SSSR count). The van der Waals surface area contributed by atoms with Gasteiger partial charge in [-0.1, -0.05) is 24.6 Å². The highest BCUT2D eigenvalue weighted by Crippen LogP contribution is 2.40. The highest BCUT2D eigenvalue weighted by molar-refractivity contribution is 5.85. The third kappa shape index (κ3) is 4.90. The molecular formula is C23H28ClFN2O2. The van der Waals surface area contributed by atoms with Crippen LogP contribution in [0.1, 0.15) is 42.4 Å². The van der Waals surface area contributed by atoms with Crippen LogP contribution in [0.3, 0.4) is 0 Å². The maximum Gasteiger partial charge on any atom is 0.231 e. The second kappa shape index (κ2) is 9.14. The zero-order valence-electron chi connectivity index (χ0n) is 16.5. The monoisotopic (exact) mass is 418 g/mol. The number of benzene rings is 2. The fourth-order valence-electron chi connectivity index (χ4n) is 4.72. The van der Waals surface area contributed by atoms with Crippen LogP contribution in [0.4, 0.5) is 4.39 Å². The molecule has 2 aromatic rings. The number of fused-ring (bicyclic) bond motifs is 1. The number of ether oxygens (including phenoxy) is 1. The molecule has 1 amide bonds. The van der Waals surface area contributed by atoms with Crippen LogP contribution in [0.5, 0.6) is 5.75 Å². The number of carbonyl (C=O) groups excluding carboxylic acids is 1. The molecule has 6 heteroatoms. The summed E-state index contributed by atoms with van der Waals surface area (Å²) in [4.78, 5) is 13.9. The molecule has 1 fully saturated rings. The van der Waals surface area contributed by atoms with Crippen LogP contribution in [-0.2, 0) is 24.2 Å². The van der Waals surface area contributed by atoms with Gasteiger partial charge in [0.2, 0.25) is 5.91 Å². The van der Waals surface area contributed by atoms with Crippen molar-refractivity contribution in [1.82, 2.24) is 4.90 Å². The molecule has 29 heavy (non-hydrogen) atoms. The number of carbonyl (C=O) groups is 1. The number of nitrogens with zero attached hydrogens (tertiary/aromatic N) is 1. The molecule has 2 N–H and O–H groups in total. The van der Waals surface area contributed by atoms with Crippen molar-refractivity contribution in [3.63, 3.8) is 0 Å². The maximum atomic E-state index is 13.0. The second-order valence-corrected chi connectivity index (χ2v) is 8.09. The molecule has 1 aliphatic heterocycles. The van der Waals surface area contributed by atoms with E-state index in [4.69, 9.17) is 10.5 Å². The zero-order chi connectivity index (χ0) is 19.6. The predicted molar refractivity (Wildman–Crippen MR) is 114 cm³/mol. The van der Waals surface area contributed by atoms with E-state index >= 15 is 0 Å². The molecule has 1 atom stereocenters. The highest BCUT2D eigenvalue weighted by atomic mass is 35.5. The van der Waals surface area contributed by atoms with Gasteiger partial charge in [-0.25, -0.2) is 4.39 Å². The summed E-state index contributed by atoms with van der Waals surface area (Å²) in [6.45, 7) is 1.74. The molecule has 1 aliphatic carbocycles. The number of aryl methyl sites for hydroxylation is 1. The molecule has 156 valence electrons. The first-order valence-corrected chi connectivity index (χ1v) is 10.1. The van der Waals surface area contributed by atoms with Crippen molar-refractivity contribution >= 4 is 18.3 Å². The van der Waals surface area contributed by atoms with Crippen LogP contribution in [0, 0.1) is 5.82 Å². The van der Waals surface area contributed by atoms with E-state index in [9.17, 15) is 9.18 Å². The first-order chi connectivity index (χ1) is 13.5. The van der Waals surface area contributed by atoms with Crippen molar-refractivity contribution in [3.05, 3.63) is 65.0 Å². The van der Waals surface area contributed by atoms with Gasteiger partial charge < -0.3 is 10.5 Å². The van der Waals surface area contributed by atoms with Crippen molar-refractivity contribution in [2.45, 2.75) is 50.7 Å². The lowest BCUT2D eigenvalue weighted by molar-refractivity contribution is -0.121. The minimum absolute atomic E-state index is 0. The average molecular weight is 419 g/mol. The molecule has 0 bridgehead atoms. The van der Waals surface area contributed by atoms with Gasteiger partial charge in [-0.05, 0) is 79.6 Å². The van der Waals surface area contributed by atoms with Gasteiger partial charge >= 0.3 is 0 Å². The fourth-order valence-corrected chi connectivity index (χ4v) is 4.72. The van der Waals surface area contributed by atoms with Crippen molar-refractivity contribution < 1.29 is 13.9 Å². The van der Waals surface area contributed by atoms with Gasteiger partial charge in [0.05, 0.1) is 6.54 Å². The SMILES string of the molecule is Cl.NC(=O)CN1CCCCC12CCc1cc(OCc3ccc(F)cc3)ccc1C2. The molecule has 2 aliphatic rings. The largest absolute Gasteiger partial charge is 0.489 e. The third-order valence-electron chi connectivity index (χ3n) is 6.21. The lowest BCUT2D eigenvalue weighted by Crippen LogP contribution is -2.57. The Hall–Kier alpha value is -2.11. The van der Waals surface area contributed by atoms with E-state index in [2.05, 4.69) is 17.0 Å². The van der Waals surface area contributed by atoms with Gasteiger partial charge in [0.25, 0.3) is 0 Å². The van der Waals surface area contributed by atoms with E-state index in [1.54, 1.807) is 12.1 Å². The smallest absolute Gasteiger partial charge is 0.231 e. The van der Waals surface area contributed by atoms with Gasteiger partial charge in [-0.3, -0.25) is 9.69 Å². The van der Waals surface area contributed by atoms with E-state index in [-0.39, 0.29) is 29.7 Å². The number of nitrogens with two attached hydrogens (primary N) is 1. The van der Waals surface area contributed by atoms with E-state index in [1.807, 2.05) is 6.07 Å². The topological polar surface area (TPSA) is 55.6 Å². The van der Waals surface area contributed by atoms with Crippen molar-refractivity contribution in [2.75, 3.05) is 13.1 Å². The Labute approximate surface area is 177 Å². The Morgan fingerprint density at radius 1 is 1.10 bits per heavy atom. The molecule has 2 aromatic carbocycles. The molecule has 4 nitrogen and oxygen atoms in total. The van der Waals surface area contributed by atoms with Crippen molar-refractivity contribution in [3.8, 4) is 5.75 Å². The maximum absolute atomic E-state index is 13.0. The minimum Gasteiger partial charge on any atom is -0.489 e. The molecule has 1 spiro atoms. The number of rotatable bonds is 5. The zero-order valence-corrected chi connectivity index (χ0v) is 17.3. The van der Waals surface area contributed by atoms with E-state index in [0.29, 0.717) is 13.2 Å². The Morgan fingerprint density at radius 3 is 2.66 bits per heavy atom. The Balaban J connectivity index is 0.00000240. The Bertz CT molecular complexity index is 858. The summed E-state index contributed by atoms with van der Waals surface area (Å²) < 4.78 is 18.9. The summed E-state index contributed by atoms with van der Waals surface area (Å²) in [7, 11) is 0. The summed E-state index contributed by atoms with van der Waals surface area (Å²) in [6, 6.07) is 12.7. The molecular weight excluding hydrogens is 391 g/mol. The van der Waals surface area contributed by atoms with Gasteiger partial charge in [0, 0.05) is 5.54 Å². The summed E-state index contributed by atoms with van der Waals surface area (Å²) >= 11 is 0. The van der Waals surface area contributed by atoms with Crippen LogP contribution in [0.15, 0.2) is 42.5 Å². The fraction of sp³-hybridized carbons (Fsp3) is 0.435. The standard InChI is InChI=1S/C23H27FN2O2.ClH/c24-20-6-3-17(4-7-20)16-28-21-8-5-19-14-23(11-9-18(19)13-21)10-1-2-12-26(23)15-22(25)27;/h3-8,13H,1-2,9-12,14-16H2,(H2,25,27);1H. The molecule has 0 radical (unpaired) electrons. The quantitative estimate of drug-likeness (QED) is 0.797. The Kier molecular flexibility index (Phi) is 6.81. The number of likely N-dealkylation sites (tertiary alicyclic amines) is 1. The second-order valence-electron chi connectivity index (χ2n) is 8.09. The summed E-state index contributed by atoms with van der Waals surface area (Å²) in [6.07, 6.45) is 6.48. The normalized spacial score (nSPS) is 21.3. The molecule has 1 saturated heterocycles. The predicted octanol–water partition coefficient (Wildman–Crippen LogP) is 4.03. The van der Waals surface area contributed by atoms with Crippen molar-refractivity contribution in [2.24, 2.45) is 5.73 Å². The molecule has 1 unspecified atom stereocenters. The first-order valence-electron chi connectivity index (χ1n) is 10.1. The number of hydrogen-bond donors (Lipinski definition) is 1. The minimum atomic E-state index is -0.239. The number of amides is 1. The van der Waals surface area contributed by atoms with Crippen LogP contribution >= 0.6 is 12.4 Å². The van der Waals surface area contributed by atoms with Gasteiger partial charge in [0.1, 0.15) is 18.2 Å². The van der Waals surface area contributed by atoms with Crippen LogP contribution < -0.4 is 10.5 Å². The lowest BCUT2D eigenvalue weighted by Gasteiger charge is -2.49. The van der Waals surface area contributed by atoms with Crippen molar-refractivity contribution in [1.29, 1.82) is 0 Å². The highest BCUT2D eigenvalue weighted by Gasteiger charge is 2.41. The van der Waals surface area contributed by atoms with E-state index < -0.39 is 0 Å². The van der Waals surface area contributed by atoms with Gasteiger partial charge in [-0.15, -0.1) is 12.4 Å². The lowest BCUT2D eigenvalue weighted by atomic mass is 9.72. The molecule has 0 saturated carbocycles. The van der Waals surface area contributed by atoms with Crippen LogP contribution in [0.25, 0.3) is 0 Å². The average Bonchev–Trinajstić information content (AvgIpc) is 2.69. The Morgan fingerprint density at radius 2 is 1.90 bits per heavy atom. The number of primary amides is 1. The number of halogens is 2.